The molecule has 2 aromatic heterocycles. The molecular formula is C22H21N3O3S. The molecule has 2 heterocycles. The van der Waals surface area contributed by atoms with Gasteiger partial charge < -0.3 is 14.6 Å². The second-order valence-electron chi connectivity index (χ2n) is 7.12. The van der Waals surface area contributed by atoms with Crippen LogP contribution in [-0.2, 0) is 0 Å². The van der Waals surface area contributed by atoms with E-state index in [1.54, 1.807) is 12.1 Å². The summed E-state index contributed by atoms with van der Waals surface area (Å²) in [5, 5.41) is 6.78. The van der Waals surface area contributed by atoms with Gasteiger partial charge in [0.05, 0.1) is 6.61 Å². The third-order valence-electron chi connectivity index (χ3n) is 4.83. The lowest BCUT2D eigenvalue weighted by Gasteiger charge is -2.12. The maximum atomic E-state index is 12.3. The van der Waals surface area contributed by atoms with E-state index in [0.29, 0.717) is 22.5 Å². The number of pyridine rings is 1. The Morgan fingerprint density at radius 1 is 1.10 bits per heavy atom. The lowest BCUT2D eigenvalue weighted by atomic mass is 9.96. The molecule has 7 heteroatoms. The Morgan fingerprint density at radius 3 is 2.62 bits per heavy atom. The molecule has 0 bridgehead atoms. The number of nitroso groups, excluding NO2 is 1. The summed E-state index contributed by atoms with van der Waals surface area (Å²) in [6.45, 7) is 1.61. The largest absolute Gasteiger partial charge is 0.494 e. The van der Waals surface area contributed by atoms with Crippen LogP contribution in [0.3, 0.4) is 0 Å². The minimum Gasteiger partial charge on any atom is -0.494 e. The fourth-order valence-electron chi connectivity index (χ4n) is 3.49. The first kappa shape index (κ1) is 19.3. The molecule has 0 amide bonds. The summed E-state index contributed by atoms with van der Waals surface area (Å²) >= 11 is 1.39. The SMILES string of the molecule is CN(C)CCCOc1ccc(-c2c(N=O)ccc3[nH]c(=O)c4sccc4c23)cc1. The highest BCUT2D eigenvalue weighted by atomic mass is 32.1. The number of ether oxygens (including phenoxy) is 1. The van der Waals surface area contributed by atoms with Crippen LogP contribution >= 0.6 is 11.3 Å². The van der Waals surface area contributed by atoms with E-state index in [1.807, 2.05) is 49.8 Å². The van der Waals surface area contributed by atoms with E-state index in [1.165, 1.54) is 11.3 Å². The molecule has 0 aliphatic heterocycles. The Morgan fingerprint density at radius 2 is 1.90 bits per heavy atom. The first-order valence-electron chi connectivity index (χ1n) is 9.36. The highest BCUT2D eigenvalue weighted by Crippen LogP contribution is 2.40. The van der Waals surface area contributed by atoms with E-state index in [-0.39, 0.29) is 5.56 Å². The van der Waals surface area contributed by atoms with Gasteiger partial charge in [0.1, 0.15) is 16.1 Å². The molecule has 0 atom stereocenters. The number of hydrogen-bond donors (Lipinski definition) is 1. The summed E-state index contributed by atoms with van der Waals surface area (Å²) in [5.74, 6) is 0.780. The number of hydrogen-bond acceptors (Lipinski definition) is 6. The van der Waals surface area contributed by atoms with Gasteiger partial charge in [-0.15, -0.1) is 16.2 Å². The molecule has 0 saturated heterocycles. The fraction of sp³-hybridized carbons (Fsp3) is 0.227. The molecular weight excluding hydrogens is 386 g/mol. The third kappa shape index (κ3) is 3.79. The number of nitrogens with zero attached hydrogens (tertiary/aromatic N) is 2. The summed E-state index contributed by atoms with van der Waals surface area (Å²) in [6.07, 6.45) is 0.945. The summed E-state index contributed by atoms with van der Waals surface area (Å²) in [6, 6.07) is 12.9. The quantitative estimate of drug-likeness (QED) is 0.340. The standard InChI is InChI=1S/C22H21N3O3S/c1-25(2)11-3-12-28-15-6-4-14(5-7-15)19-18(24-27)9-8-17-20(19)16-10-13-29-21(16)22(26)23-17/h4-10,13H,3,11-12H2,1-2H3,(H,23,26). The van der Waals surface area contributed by atoms with Gasteiger partial charge in [-0.3, -0.25) is 4.79 Å². The van der Waals surface area contributed by atoms with E-state index in [0.717, 1.165) is 40.6 Å². The van der Waals surface area contributed by atoms with Crippen LogP contribution in [0.1, 0.15) is 6.42 Å². The number of thiophene rings is 1. The van der Waals surface area contributed by atoms with Crippen molar-refractivity contribution >= 4 is 38.0 Å². The predicted molar refractivity (Wildman–Crippen MR) is 120 cm³/mol. The summed E-state index contributed by atoms with van der Waals surface area (Å²) in [5.41, 5.74) is 2.48. The van der Waals surface area contributed by atoms with Gasteiger partial charge in [-0.1, -0.05) is 12.1 Å². The monoisotopic (exact) mass is 407 g/mol. The normalized spacial score (nSPS) is 11.4. The average molecular weight is 407 g/mol. The van der Waals surface area contributed by atoms with Crippen molar-refractivity contribution in [1.29, 1.82) is 0 Å². The molecule has 0 unspecified atom stereocenters. The molecule has 148 valence electrons. The van der Waals surface area contributed by atoms with Crippen LogP contribution in [0.2, 0.25) is 0 Å². The summed E-state index contributed by atoms with van der Waals surface area (Å²) in [7, 11) is 4.07. The Kier molecular flexibility index (Phi) is 5.42. The highest BCUT2D eigenvalue weighted by Gasteiger charge is 2.16. The van der Waals surface area contributed by atoms with E-state index in [9.17, 15) is 9.70 Å². The van der Waals surface area contributed by atoms with Crippen LogP contribution in [-0.4, -0.2) is 37.1 Å². The maximum absolute atomic E-state index is 12.3. The number of aromatic nitrogens is 1. The fourth-order valence-corrected chi connectivity index (χ4v) is 4.29. The van der Waals surface area contributed by atoms with Gasteiger partial charge in [0.2, 0.25) is 0 Å². The van der Waals surface area contributed by atoms with Gasteiger partial charge in [0.15, 0.2) is 0 Å². The van der Waals surface area contributed by atoms with Gasteiger partial charge in [-0.25, -0.2) is 0 Å². The molecule has 0 aliphatic rings. The van der Waals surface area contributed by atoms with Crippen molar-refractivity contribution in [3.05, 3.63) is 63.1 Å². The molecule has 29 heavy (non-hydrogen) atoms. The lowest BCUT2D eigenvalue weighted by molar-refractivity contribution is 0.281. The second kappa shape index (κ2) is 8.14. The second-order valence-corrected chi connectivity index (χ2v) is 8.04. The van der Waals surface area contributed by atoms with E-state index < -0.39 is 0 Å². The minimum atomic E-state index is -0.123. The highest BCUT2D eigenvalue weighted by molar-refractivity contribution is 7.17. The molecule has 0 radical (unpaired) electrons. The number of nitrogens with one attached hydrogen (secondary N) is 1. The molecule has 4 rings (SSSR count). The van der Waals surface area contributed by atoms with Crippen LogP contribution in [0.25, 0.3) is 32.1 Å². The molecule has 4 aromatic rings. The van der Waals surface area contributed by atoms with Crippen molar-refractivity contribution in [3.63, 3.8) is 0 Å². The van der Waals surface area contributed by atoms with Gasteiger partial charge in [0.25, 0.3) is 5.56 Å². The van der Waals surface area contributed by atoms with Crippen LogP contribution in [0.4, 0.5) is 5.69 Å². The van der Waals surface area contributed by atoms with E-state index in [4.69, 9.17) is 4.74 Å². The summed E-state index contributed by atoms with van der Waals surface area (Å²) < 4.78 is 6.45. The predicted octanol–water partition coefficient (Wildman–Crippen LogP) is 5.14. The Bertz CT molecular complexity index is 1230. The van der Waals surface area contributed by atoms with Crippen molar-refractivity contribution in [1.82, 2.24) is 9.88 Å². The zero-order chi connectivity index (χ0) is 20.4. The molecule has 0 fully saturated rings. The first-order chi connectivity index (χ1) is 14.1. The van der Waals surface area contributed by atoms with Crippen molar-refractivity contribution in [2.24, 2.45) is 5.18 Å². The smallest absolute Gasteiger partial charge is 0.266 e. The summed E-state index contributed by atoms with van der Waals surface area (Å²) in [4.78, 5) is 28.9. The minimum absolute atomic E-state index is 0.123. The molecule has 6 nitrogen and oxygen atoms in total. The van der Waals surface area contributed by atoms with E-state index >= 15 is 0 Å². The van der Waals surface area contributed by atoms with Gasteiger partial charge in [0, 0.05) is 28.4 Å². The van der Waals surface area contributed by atoms with Gasteiger partial charge in [-0.05, 0) is 67.0 Å². The van der Waals surface area contributed by atoms with Crippen LogP contribution < -0.4 is 10.3 Å². The van der Waals surface area contributed by atoms with Crippen LogP contribution in [0, 0.1) is 4.91 Å². The number of benzene rings is 2. The van der Waals surface area contributed by atoms with Crippen molar-refractivity contribution in [2.75, 3.05) is 27.2 Å². The maximum Gasteiger partial charge on any atom is 0.266 e. The van der Waals surface area contributed by atoms with E-state index in [2.05, 4.69) is 15.1 Å². The number of rotatable bonds is 7. The molecule has 0 spiro atoms. The van der Waals surface area contributed by atoms with Crippen molar-refractivity contribution < 1.29 is 4.74 Å². The lowest BCUT2D eigenvalue weighted by Crippen LogP contribution is -2.15. The molecule has 0 saturated carbocycles. The first-order valence-corrected chi connectivity index (χ1v) is 10.2. The zero-order valence-corrected chi connectivity index (χ0v) is 17.1. The van der Waals surface area contributed by atoms with Crippen LogP contribution in [0.15, 0.2) is 57.8 Å². The Hall–Kier alpha value is -3.03. The molecule has 1 N–H and O–H groups in total. The molecule has 2 aromatic carbocycles. The third-order valence-corrected chi connectivity index (χ3v) is 5.75. The van der Waals surface area contributed by atoms with Gasteiger partial charge in [-0.2, -0.15) is 0 Å². The Balaban J connectivity index is 1.76. The van der Waals surface area contributed by atoms with Gasteiger partial charge >= 0.3 is 0 Å². The number of fused-ring (bicyclic) bond motifs is 3. The number of aromatic amines is 1. The van der Waals surface area contributed by atoms with Crippen molar-refractivity contribution in [2.45, 2.75) is 6.42 Å². The average Bonchev–Trinajstić information content (AvgIpc) is 3.21. The topological polar surface area (TPSA) is 74.8 Å². The van der Waals surface area contributed by atoms with Crippen molar-refractivity contribution in [3.8, 4) is 16.9 Å². The zero-order valence-electron chi connectivity index (χ0n) is 16.3. The number of H-pyrrole nitrogens is 1. The molecule has 0 aliphatic carbocycles. The Labute approximate surface area is 171 Å². The van der Waals surface area contributed by atoms with Crippen LogP contribution in [0.5, 0.6) is 5.75 Å².